The number of carbonyl (C=O) groups is 3. The first kappa shape index (κ1) is 17.9. The zero-order valence-corrected chi connectivity index (χ0v) is 14.1. The molecule has 1 aromatic carbocycles. The largest absolute Gasteiger partial charge is 0.346 e. The lowest BCUT2D eigenvalue weighted by Crippen LogP contribution is -2.54. The summed E-state index contributed by atoms with van der Waals surface area (Å²) in [5.74, 6) is -1.91. The van der Waals surface area contributed by atoms with Gasteiger partial charge >= 0.3 is 11.8 Å². The summed E-state index contributed by atoms with van der Waals surface area (Å²) in [7, 11) is 0. The molecule has 0 atom stereocenters. The molecule has 1 heterocycles. The first-order chi connectivity index (χ1) is 11.3. The van der Waals surface area contributed by atoms with Gasteiger partial charge in [0.1, 0.15) is 5.82 Å². The maximum atomic E-state index is 13.6. The van der Waals surface area contributed by atoms with Crippen LogP contribution in [0.5, 0.6) is 0 Å². The molecule has 1 aliphatic rings. The SMILES string of the molecule is Cc1ccc(C(=O)N2CCN(C(=O)C(=O)NC(C)C)CC2)cc1F. The van der Waals surface area contributed by atoms with Gasteiger partial charge in [-0.2, -0.15) is 0 Å². The quantitative estimate of drug-likeness (QED) is 0.818. The predicted octanol–water partition coefficient (Wildman–Crippen LogP) is 0.943. The molecule has 0 aromatic heterocycles. The molecular formula is C17H22FN3O3. The average Bonchev–Trinajstić information content (AvgIpc) is 2.55. The van der Waals surface area contributed by atoms with Crippen LogP contribution in [-0.2, 0) is 9.59 Å². The fourth-order valence-corrected chi connectivity index (χ4v) is 2.49. The molecule has 0 saturated carbocycles. The number of nitrogens with one attached hydrogen (secondary N) is 1. The summed E-state index contributed by atoms with van der Waals surface area (Å²) in [5.41, 5.74) is 0.772. The van der Waals surface area contributed by atoms with E-state index in [1.165, 1.54) is 11.0 Å². The highest BCUT2D eigenvalue weighted by atomic mass is 19.1. The predicted molar refractivity (Wildman–Crippen MR) is 86.9 cm³/mol. The second kappa shape index (κ2) is 7.42. The van der Waals surface area contributed by atoms with Crippen LogP contribution in [0.4, 0.5) is 4.39 Å². The molecule has 6 nitrogen and oxygen atoms in total. The van der Waals surface area contributed by atoms with Crippen molar-refractivity contribution in [2.24, 2.45) is 0 Å². The number of nitrogens with zero attached hydrogens (tertiary/aromatic N) is 2. The van der Waals surface area contributed by atoms with E-state index in [1.54, 1.807) is 37.8 Å². The van der Waals surface area contributed by atoms with Crippen LogP contribution in [-0.4, -0.2) is 59.7 Å². The van der Waals surface area contributed by atoms with Crippen LogP contribution in [0.25, 0.3) is 0 Å². The summed E-state index contributed by atoms with van der Waals surface area (Å²) < 4.78 is 13.6. The number of benzene rings is 1. The Labute approximate surface area is 140 Å². The van der Waals surface area contributed by atoms with Crippen LogP contribution in [0, 0.1) is 12.7 Å². The number of carbonyl (C=O) groups excluding carboxylic acids is 3. The number of rotatable bonds is 2. The number of hydrogen-bond acceptors (Lipinski definition) is 3. The van der Waals surface area contributed by atoms with E-state index in [4.69, 9.17) is 0 Å². The molecule has 0 bridgehead atoms. The molecule has 1 N–H and O–H groups in total. The minimum atomic E-state index is -0.634. The Morgan fingerprint density at radius 1 is 1.08 bits per heavy atom. The summed E-state index contributed by atoms with van der Waals surface area (Å²) in [5, 5.41) is 2.56. The van der Waals surface area contributed by atoms with Crippen LogP contribution in [0.15, 0.2) is 18.2 Å². The van der Waals surface area contributed by atoms with E-state index in [-0.39, 0.29) is 30.6 Å². The molecule has 24 heavy (non-hydrogen) atoms. The normalized spacial score (nSPS) is 14.7. The zero-order valence-electron chi connectivity index (χ0n) is 14.1. The molecule has 0 spiro atoms. The molecule has 0 radical (unpaired) electrons. The van der Waals surface area contributed by atoms with E-state index in [0.29, 0.717) is 18.7 Å². The molecule has 130 valence electrons. The van der Waals surface area contributed by atoms with Crippen LogP contribution < -0.4 is 5.32 Å². The molecule has 1 aliphatic heterocycles. The molecule has 1 fully saturated rings. The van der Waals surface area contributed by atoms with Crippen molar-refractivity contribution in [2.75, 3.05) is 26.2 Å². The van der Waals surface area contributed by atoms with Gasteiger partial charge in [0, 0.05) is 37.8 Å². The lowest BCUT2D eigenvalue weighted by molar-refractivity contribution is -0.147. The van der Waals surface area contributed by atoms with E-state index in [2.05, 4.69) is 5.32 Å². The van der Waals surface area contributed by atoms with E-state index >= 15 is 0 Å². The van der Waals surface area contributed by atoms with Crippen molar-refractivity contribution in [1.29, 1.82) is 0 Å². The molecule has 7 heteroatoms. The fourth-order valence-electron chi connectivity index (χ4n) is 2.49. The highest BCUT2D eigenvalue weighted by molar-refractivity contribution is 6.35. The lowest BCUT2D eigenvalue weighted by atomic mass is 10.1. The topological polar surface area (TPSA) is 69.7 Å². The number of aryl methyl sites for hydroxylation is 1. The van der Waals surface area contributed by atoms with Gasteiger partial charge < -0.3 is 15.1 Å². The van der Waals surface area contributed by atoms with Gasteiger partial charge in [-0.15, -0.1) is 0 Å². The molecule has 1 saturated heterocycles. The van der Waals surface area contributed by atoms with Crippen LogP contribution >= 0.6 is 0 Å². The first-order valence-electron chi connectivity index (χ1n) is 7.94. The van der Waals surface area contributed by atoms with Crippen molar-refractivity contribution in [3.63, 3.8) is 0 Å². The summed E-state index contributed by atoms with van der Waals surface area (Å²) in [4.78, 5) is 39.1. The van der Waals surface area contributed by atoms with E-state index in [1.807, 2.05) is 0 Å². The molecule has 3 amide bonds. The number of amides is 3. The third kappa shape index (κ3) is 4.10. The number of piperazine rings is 1. The zero-order chi connectivity index (χ0) is 17.9. The molecule has 0 aliphatic carbocycles. The van der Waals surface area contributed by atoms with Gasteiger partial charge in [0.05, 0.1) is 0 Å². The molecule has 1 aromatic rings. The third-order valence-electron chi connectivity index (χ3n) is 3.89. The van der Waals surface area contributed by atoms with Crippen LogP contribution in [0.2, 0.25) is 0 Å². The Hall–Kier alpha value is -2.44. The van der Waals surface area contributed by atoms with Crippen LogP contribution in [0.3, 0.4) is 0 Å². The van der Waals surface area contributed by atoms with Gasteiger partial charge in [-0.05, 0) is 38.5 Å². The second-order valence-electron chi connectivity index (χ2n) is 6.18. The number of hydrogen-bond donors (Lipinski definition) is 1. The summed E-state index contributed by atoms with van der Waals surface area (Å²) >= 11 is 0. The number of halogens is 1. The van der Waals surface area contributed by atoms with Crippen molar-refractivity contribution in [3.8, 4) is 0 Å². The van der Waals surface area contributed by atoms with Crippen molar-refractivity contribution in [2.45, 2.75) is 26.8 Å². The van der Waals surface area contributed by atoms with Gasteiger partial charge in [-0.25, -0.2) is 4.39 Å². The van der Waals surface area contributed by atoms with Crippen molar-refractivity contribution < 1.29 is 18.8 Å². The average molecular weight is 335 g/mol. The van der Waals surface area contributed by atoms with Crippen molar-refractivity contribution in [1.82, 2.24) is 15.1 Å². The maximum Gasteiger partial charge on any atom is 0.312 e. The third-order valence-corrected chi connectivity index (χ3v) is 3.89. The molecule has 0 unspecified atom stereocenters. The van der Waals surface area contributed by atoms with E-state index in [9.17, 15) is 18.8 Å². The summed E-state index contributed by atoms with van der Waals surface area (Å²) in [6.07, 6.45) is 0. The monoisotopic (exact) mass is 335 g/mol. The lowest BCUT2D eigenvalue weighted by Gasteiger charge is -2.34. The molecular weight excluding hydrogens is 313 g/mol. The van der Waals surface area contributed by atoms with Gasteiger partial charge in [-0.1, -0.05) is 6.07 Å². The Kier molecular flexibility index (Phi) is 5.54. The second-order valence-corrected chi connectivity index (χ2v) is 6.18. The summed E-state index contributed by atoms with van der Waals surface area (Å²) in [6.45, 7) is 6.39. The van der Waals surface area contributed by atoms with Crippen molar-refractivity contribution >= 4 is 17.7 Å². The standard InChI is InChI=1S/C17H22FN3O3/c1-11(2)19-15(22)17(24)21-8-6-20(7-9-21)16(23)13-5-4-12(3)14(18)10-13/h4-5,10-11H,6-9H2,1-3H3,(H,19,22). The van der Waals surface area contributed by atoms with E-state index < -0.39 is 17.6 Å². The van der Waals surface area contributed by atoms with Crippen LogP contribution in [0.1, 0.15) is 29.8 Å². The Balaban J connectivity index is 1.94. The highest BCUT2D eigenvalue weighted by Gasteiger charge is 2.28. The Bertz CT molecular complexity index is 652. The fraction of sp³-hybridized carbons (Fsp3) is 0.471. The maximum absolute atomic E-state index is 13.6. The minimum absolute atomic E-state index is 0.110. The first-order valence-corrected chi connectivity index (χ1v) is 7.94. The van der Waals surface area contributed by atoms with Gasteiger partial charge in [0.25, 0.3) is 5.91 Å². The van der Waals surface area contributed by atoms with Crippen molar-refractivity contribution in [3.05, 3.63) is 35.1 Å². The Morgan fingerprint density at radius 2 is 1.67 bits per heavy atom. The van der Waals surface area contributed by atoms with Gasteiger partial charge in [0.15, 0.2) is 0 Å². The van der Waals surface area contributed by atoms with E-state index in [0.717, 1.165) is 0 Å². The van der Waals surface area contributed by atoms with Gasteiger partial charge in [0.2, 0.25) is 0 Å². The van der Waals surface area contributed by atoms with Gasteiger partial charge in [-0.3, -0.25) is 14.4 Å². The minimum Gasteiger partial charge on any atom is -0.346 e. The smallest absolute Gasteiger partial charge is 0.312 e. The Morgan fingerprint density at radius 3 is 2.21 bits per heavy atom. The highest BCUT2D eigenvalue weighted by Crippen LogP contribution is 2.13. The molecule has 2 rings (SSSR count). The summed E-state index contributed by atoms with van der Waals surface area (Å²) in [6, 6.07) is 4.28.